The molecule has 0 saturated carbocycles. The third-order valence-corrected chi connectivity index (χ3v) is 6.02. The zero-order valence-electron chi connectivity index (χ0n) is 17.0. The van der Waals surface area contributed by atoms with Crippen LogP contribution in [-0.4, -0.2) is 17.6 Å². The normalized spacial score (nSPS) is 13.8. The fourth-order valence-corrected chi connectivity index (χ4v) is 4.42. The molecule has 1 aliphatic heterocycles. The molecule has 2 amide bonds. The third kappa shape index (κ3) is 4.83. The van der Waals surface area contributed by atoms with E-state index < -0.39 is 11.7 Å². The number of hydrogen-bond acceptors (Lipinski definition) is 4. The van der Waals surface area contributed by atoms with Crippen LogP contribution in [0, 0.1) is 6.92 Å². The topological polar surface area (TPSA) is 62.6 Å². The first-order valence-electron chi connectivity index (χ1n) is 9.76. The molecule has 1 aliphatic rings. The highest BCUT2D eigenvalue weighted by molar-refractivity contribution is 8.00. The molecule has 2 aromatic carbocycles. The first kappa shape index (κ1) is 22.0. The van der Waals surface area contributed by atoms with Gasteiger partial charge in [-0.15, -0.1) is 11.8 Å². The number of hydrogen-bond donors (Lipinski definition) is 1. The van der Waals surface area contributed by atoms with Gasteiger partial charge in [0.1, 0.15) is 5.76 Å². The number of furan rings is 1. The monoisotopic (exact) mass is 460 g/mol. The van der Waals surface area contributed by atoms with Crippen molar-refractivity contribution >= 4 is 29.3 Å². The van der Waals surface area contributed by atoms with Gasteiger partial charge in [0.25, 0.3) is 5.91 Å². The Morgan fingerprint density at radius 2 is 2.00 bits per heavy atom. The van der Waals surface area contributed by atoms with Crippen LogP contribution < -0.4 is 10.2 Å². The number of carbonyl (C=O) groups is 2. The summed E-state index contributed by atoms with van der Waals surface area (Å²) in [6.45, 7) is 1.78. The van der Waals surface area contributed by atoms with E-state index in [1.807, 2.05) is 0 Å². The van der Waals surface area contributed by atoms with Gasteiger partial charge < -0.3 is 14.6 Å². The Bertz CT molecular complexity index is 1160. The number of benzene rings is 2. The molecule has 0 radical (unpaired) electrons. The second-order valence-corrected chi connectivity index (χ2v) is 8.44. The number of halogens is 3. The van der Waals surface area contributed by atoms with Crippen molar-refractivity contribution in [3.8, 4) is 0 Å². The summed E-state index contributed by atoms with van der Waals surface area (Å²) in [6, 6.07) is 12.2. The minimum absolute atomic E-state index is 0.0192. The highest BCUT2D eigenvalue weighted by Crippen LogP contribution is 2.37. The van der Waals surface area contributed by atoms with E-state index in [-0.39, 0.29) is 30.7 Å². The average molecular weight is 460 g/mol. The molecular weight excluding hydrogens is 441 g/mol. The lowest BCUT2D eigenvalue weighted by molar-refractivity contribution is -0.137. The lowest BCUT2D eigenvalue weighted by Crippen LogP contribution is -2.35. The van der Waals surface area contributed by atoms with Gasteiger partial charge in [0.05, 0.1) is 36.4 Å². The van der Waals surface area contributed by atoms with Crippen molar-refractivity contribution in [3.05, 3.63) is 82.8 Å². The summed E-state index contributed by atoms with van der Waals surface area (Å²) in [5.74, 6) is 0.200. The number of rotatable bonds is 5. The maximum absolute atomic E-state index is 13.2. The van der Waals surface area contributed by atoms with Gasteiger partial charge >= 0.3 is 6.18 Å². The quantitative estimate of drug-likeness (QED) is 0.570. The molecule has 1 N–H and O–H groups in total. The number of fused-ring (bicyclic) bond motifs is 1. The van der Waals surface area contributed by atoms with Crippen LogP contribution in [0.3, 0.4) is 0 Å². The molecule has 0 spiro atoms. The van der Waals surface area contributed by atoms with E-state index in [0.29, 0.717) is 28.1 Å². The standard InChI is InChI=1S/C23H19F3N2O3S/c1-14-7-15(9-17(8-14)23(24,25)26)12-28-19-10-16(4-5-20(19)32-13-21(28)29)22(30)27-11-18-3-2-6-31-18/h2-10H,11-13H2,1H3,(H,27,30). The van der Waals surface area contributed by atoms with E-state index in [2.05, 4.69) is 5.32 Å². The van der Waals surface area contributed by atoms with E-state index in [1.54, 1.807) is 43.3 Å². The maximum Gasteiger partial charge on any atom is 0.416 e. The number of alkyl halides is 3. The van der Waals surface area contributed by atoms with Gasteiger partial charge in [0.2, 0.25) is 5.91 Å². The van der Waals surface area contributed by atoms with Gasteiger partial charge in [-0.3, -0.25) is 9.59 Å². The van der Waals surface area contributed by atoms with E-state index in [1.165, 1.54) is 22.9 Å². The van der Waals surface area contributed by atoms with Crippen LogP contribution in [0.4, 0.5) is 18.9 Å². The van der Waals surface area contributed by atoms with Crippen LogP contribution in [0.5, 0.6) is 0 Å². The molecule has 2 heterocycles. The van der Waals surface area contributed by atoms with Crippen LogP contribution >= 0.6 is 11.8 Å². The van der Waals surface area contributed by atoms with Crippen LogP contribution in [0.1, 0.15) is 32.8 Å². The van der Waals surface area contributed by atoms with Crippen LogP contribution in [0.2, 0.25) is 0 Å². The van der Waals surface area contributed by atoms with E-state index in [0.717, 1.165) is 17.0 Å². The highest BCUT2D eigenvalue weighted by atomic mass is 32.2. The van der Waals surface area contributed by atoms with Gasteiger partial charge in [-0.05, 0) is 55.0 Å². The lowest BCUT2D eigenvalue weighted by atomic mass is 10.0. The predicted molar refractivity (Wildman–Crippen MR) is 114 cm³/mol. The molecule has 166 valence electrons. The van der Waals surface area contributed by atoms with E-state index in [9.17, 15) is 22.8 Å². The fraction of sp³-hybridized carbons (Fsp3) is 0.217. The second kappa shape index (κ2) is 8.74. The number of carbonyl (C=O) groups excluding carboxylic acids is 2. The molecule has 4 rings (SSSR count). The minimum atomic E-state index is -4.47. The Hall–Kier alpha value is -3.20. The first-order chi connectivity index (χ1) is 15.2. The van der Waals surface area contributed by atoms with Crippen LogP contribution in [0.15, 0.2) is 64.1 Å². The summed E-state index contributed by atoms with van der Waals surface area (Å²) in [4.78, 5) is 27.5. The third-order valence-electron chi connectivity index (χ3n) is 4.97. The van der Waals surface area contributed by atoms with E-state index in [4.69, 9.17) is 4.42 Å². The minimum Gasteiger partial charge on any atom is -0.467 e. The number of aryl methyl sites for hydroxylation is 1. The summed E-state index contributed by atoms with van der Waals surface area (Å²) in [5, 5.41) is 2.75. The fourth-order valence-electron chi connectivity index (χ4n) is 3.50. The predicted octanol–water partition coefficient (Wildman–Crippen LogP) is 5.18. The van der Waals surface area contributed by atoms with Gasteiger partial charge in [0.15, 0.2) is 0 Å². The van der Waals surface area contributed by atoms with Crippen LogP contribution in [0.25, 0.3) is 0 Å². The Balaban J connectivity index is 1.60. The first-order valence-corrected chi connectivity index (χ1v) is 10.7. The molecule has 0 aliphatic carbocycles. The van der Waals surface area contributed by atoms with Gasteiger partial charge in [-0.25, -0.2) is 0 Å². The van der Waals surface area contributed by atoms with Gasteiger partial charge in [-0.2, -0.15) is 13.2 Å². The Kier molecular flexibility index (Phi) is 6.01. The summed E-state index contributed by atoms with van der Waals surface area (Å²) in [7, 11) is 0. The lowest BCUT2D eigenvalue weighted by Gasteiger charge is -2.30. The molecule has 0 bridgehead atoms. The summed E-state index contributed by atoms with van der Waals surface area (Å²) >= 11 is 1.34. The number of nitrogens with one attached hydrogen (secondary N) is 1. The average Bonchev–Trinajstić information content (AvgIpc) is 3.26. The zero-order chi connectivity index (χ0) is 22.9. The van der Waals surface area contributed by atoms with Crippen molar-refractivity contribution in [2.24, 2.45) is 0 Å². The number of thioether (sulfide) groups is 1. The van der Waals surface area contributed by atoms with Crippen molar-refractivity contribution in [1.29, 1.82) is 0 Å². The molecular formula is C23H19F3N2O3S. The second-order valence-electron chi connectivity index (χ2n) is 7.42. The molecule has 1 aromatic heterocycles. The largest absolute Gasteiger partial charge is 0.467 e. The molecule has 0 atom stereocenters. The molecule has 3 aromatic rings. The SMILES string of the molecule is Cc1cc(CN2C(=O)CSc3ccc(C(=O)NCc4ccco4)cc32)cc(C(F)(F)F)c1. The summed E-state index contributed by atoms with van der Waals surface area (Å²) < 4.78 is 44.9. The van der Waals surface area contributed by atoms with Gasteiger partial charge in [-0.1, -0.05) is 11.6 Å². The smallest absolute Gasteiger partial charge is 0.416 e. The molecule has 0 saturated heterocycles. The Morgan fingerprint density at radius 1 is 1.19 bits per heavy atom. The number of amides is 2. The molecule has 32 heavy (non-hydrogen) atoms. The Labute approximate surface area is 186 Å². The van der Waals surface area contributed by atoms with Crippen molar-refractivity contribution in [2.45, 2.75) is 31.1 Å². The summed E-state index contributed by atoms with van der Waals surface area (Å²) in [6.07, 6.45) is -2.96. The molecule has 5 nitrogen and oxygen atoms in total. The zero-order valence-corrected chi connectivity index (χ0v) is 17.8. The van der Waals surface area contributed by atoms with Crippen molar-refractivity contribution in [3.63, 3.8) is 0 Å². The Morgan fingerprint density at radius 3 is 2.72 bits per heavy atom. The summed E-state index contributed by atoms with van der Waals surface area (Å²) in [5.41, 5.74) is 0.927. The molecule has 0 unspecified atom stereocenters. The van der Waals surface area contributed by atoms with Crippen molar-refractivity contribution < 1.29 is 27.2 Å². The van der Waals surface area contributed by atoms with Crippen molar-refractivity contribution in [1.82, 2.24) is 5.32 Å². The van der Waals surface area contributed by atoms with E-state index >= 15 is 0 Å². The van der Waals surface area contributed by atoms with Gasteiger partial charge in [0, 0.05) is 10.5 Å². The molecule has 9 heteroatoms. The van der Waals surface area contributed by atoms with Crippen molar-refractivity contribution in [2.75, 3.05) is 10.7 Å². The maximum atomic E-state index is 13.2. The molecule has 0 fully saturated rings. The highest BCUT2D eigenvalue weighted by Gasteiger charge is 2.32. The number of nitrogens with zero attached hydrogens (tertiary/aromatic N) is 1. The van der Waals surface area contributed by atoms with Crippen LogP contribution in [-0.2, 0) is 24.1 Å². The number of anilines is 1.